The number of carbonyl (C=O) groups is 1. The summed E-state index contributed by atoms with van der Waals surface area (Å²) in [5, 5.41) is 34.6. The van der Waals surface area contributed by atoms with Gasteiger partial charge in [0.15, 0.2) is 0 Å². The van der Waals surface area contributed by atoms with E-state index in [0.717, 1.165) is 18.2 Å². The highest BCUT2D eigenvalue weighted by Crippen LogP contribution is 2.34. The Morgan fingerprint density at radius 2 is 1.68 bits per heavy atom. The van der Waals surface area contributed by atoms with Crippen LogP contribution in [0.2, 0.25) is 10.0 Å². The third kappa shape index (κ3) is 5.86. The van der Waals surface area contributed by atoms with Gasteiger partial charge >= 0.3 is 5.69 Å². The molecular weight excluding hydrogens is 487 g/mol. The average molecular weight is 499 g/mol. The molecule has 0 fully saturated rings. The van der Waals surface area contributed by atoms with Crippen LogP contribution in [-0.2, 0) is 4.79 Å². The number of non-ortho nitro benzene ring substituents is 1. The van der Waals surface area contributed by atoms with Gasteiger partial charge in [0.2, 0.25) is 5.75 Å². The number of hydrogen-bond donors (Lipinski definition) is 1. The molecule has 0 aliphatic rings. The number of carbonyl (C=O) groups excluding carboxylic acids is 1. The first-order chi connectivity index (χ1) is 16.2. The van der Waals surface area contributed by atoms with E-state index in [1.165, 1.54) is 48.5 Å². The van der Waals surface area contributed by atoms with E-state index in [2.05, 4.69) is 5.32 Å². The molecule has 0 bridgehead atoms. The van der Waals surface area contributed by atoms with Crippen molar-refractivity contribution < 1.29 is 19.4 Å². The highest BCUT2D eigenvalue weighted by atomic mass is 35.5. The molecule has 1 amide bonds. The van der Waals surface area contributed by atoms with Gasteiger partial charge in [0, 0.05) is 11.8 Å². The molecule has 0 unspecified atom stereocenters. The summed E-state index contributed by atoms with van der Waals surface area (Å²) in [6, 6.07) is 15.3. The second kappa shape index (κ2) is 10.4. The van der Waals surface area contributed by atoms with Crippen molar-refractivity contribution >= 4 is 52.2 Å². The average Bonchev–Trinajstić information content (AvgIpc) is 2.80. The highest BCUT2D eigenvalue weighted by molar-refractivity contribution is 6.42. The molecule has 170 valence electrons. The first-order valence-electron chi connectivity index (χ1n) is 9.27. The normalized spacial score (nSPS) is 10.8. The van der Waals surface area contributed by atoms with E-state index >= 15 is 0 Å². The summed E-state index contributed by atoms with van der Waals surface area (Å²) in [7, 11) is 0. The number of amides is 1. The topological polar surface area (TPSA) is 148 Å². The van der Waals surface area contributed by atoms with Crippen LogP contribution in [0.3, 0.4) is 0 Å². The fourth-order valence-corrected chi connectivity index (χ4v) is 2.99. The summed E-state index contributed by atoms with van der Waals surface area (Å²) in [4.78, 5) is 33.0. The zero-order valence-corrected chi connectivity index (χ0v) is 18.4. The van der Waals surface area contributed by atoms with E-state index in [0.29, 0.717) is 16.3 Å². The van der Waals surface area contributed by atoms with Crippen LogP contribution in [-0.4, -0.2) is 15.8 Å². The maximum absolute atomic E-state index is 12.4. The summed E-state index contributed by atoms with van der Waals surface area (Å²) in [5.74, 6) is -0.645. The summed E-state index contributed by atoms with van der Waals surface area (Å²) in [6.07, 6.45) is 1.34. The number of benzene rings is 3. The number of rotatable bonds is 7. The zero-order valence-electron chi connectivity index (χ0n) is 16.9. The van der Waals surface area contributed by atoms with Crippen molar-refractivity contribution in [2.75, 3.05) is 5.32 Å². The maximum atomic E-state index is 12.4. The minimum Gasteiger partial charge on any atom is -0.450 e. The Kier molecular flexibility index (Phi) is 7.43. The van der Waals surface area contributed by atoms with Crippen LogP contribution in [0.15, 0.2) is 66.2 Å². The van der Waals surface area contributed by atoms with Gasteiger partial charge in [0.1, 0.15) is 17.4 Å². The van der Waals surface area contributed by atoms with Crippen LogP contribution in [0.1, 0.15) is 5.56 Å². The molecule has 0 aliphatic heterocycles. The number of nitro groups is 2. The highest BCUT2D eigenvalue weighted by Gasteiger charge is 2.21. The van der Waals surface area contributed by atoms with Crippen LogP contribution >= 0.6 is 23.2 Å². The van der Waals surface area contributed by atoms with Crippen LogP contribution in [0.25, 0.3) is 6.08 Å². The monoisotopic (exact) mass is 498 g/mol. The molecule has 0 heterocycles. The number of anilines is 1. The summed E-state index contributed by atoms with van der Waals surface area (Å²) in [6.45, 7) is 0. The predicted molar refractivity (Wildman–Crippen MR) is 125 cm³/mol. The first-order valence-corrected chi connectivity index (χ1v) is 10.0. The van der Waals surface area contributed by atoms with Gasteiger partial charge in [0.25, 0.3) is 11.6 Å². The quantitative estimate of drug-likeness (QED) is 0.177. The van der Waals surface area contributed by atoms with Crippen molar-refractivity contribution in [3.8, 4) is 17.6 Å². The molecule has 3 rings (SSSR count). The Balaban J connectivity index is 1.77. The standard InChI is InChI=1S/C22H12Cl2N4O6/c23-18-7-3-15(10-19(18)24)26-22(29)14(12-25)9-13-1-5-17(6-2-13)34-21-8-4-16(27(30)31)11-20(21)28(32)33/h1-11H,(H,26,29)/b14-9+. The second-order valence-corrected chi connectivity index (χ2v) is 7.40. The molecule has 0 aliphatic carbocycles. The van der Waals surface area contributed by atoms with E-state index < -0.39 is 27.1 Å². The van der Waals surface area contributed by atoms with Gasteiger partial charge in [-0.3, -0.25) is 25.0 Å². The van der Waals surface area contributed by atoms with Crippen molar-refractivity contribution in [2.45, 2.75) is 0 Å². The molecular formula is C22H12Cl2N4O6. The Bertz CT molecular complexity index is 1370. The van der Waals surface area contributed by atoms with E-state index in [1.54, 1.807) is 0 Å². The summed E-state index contributed by atoms with van der Waals surface area (Å²) in [5.41, 5.74) is -0.363. The van der Waals surface area contributed by atoms with Gasteiger partial charge in [-0.25, -0.2) is 0 Å². The number of nitro benzene ring substituents is 2. The predicted octanol–water partition coefficient (Wildman–Crippen LogP) is 6.15. The lowest BCUT2D eigenvalue weighted by atomic mass is 10.1. The number of hydrogen-bond acceptors (Lipinski definition) is 7. The van der Waals surface area contributed by atoms with Crippen LogP contribution < -0.4 is 10.1 Å². The third-order valence-corrected chi connectivity index (χ3v) is 5.05. The molecule has 10 nitrogen and oxygen atoms in total. The molecule has 34 heavy (non-hydrogen) atoms. The minimum atomic E-state index is -0.787. The zero-order chi connectivity index (χ0) is 24.8. The van der Waals surface area contributed by atoms with Crippen molar-refractivity contribution in [1.82, 2.24) is 0 Å². The molecule has 0 radical (unpaired) electrons. The van der Waals surface area contributed by atoms with Gasteiger partial charge in [0.05, 0.1) is 26.0 Å². The van der Waals surface area contributed by atoms with Gasteiger partial charge in [-0.1, -0.05) is 35.3 Å². The Hall–Kier alpha value is -4.46. The van der Waals surface area contributed by atoms with Crippen molar-refractivity contribution in [3.63, 3.8) is 0 Å². The Labute approximate surface area is 201 Å². The Morgan fingerprint density at radius 1 is 0.971 bits per heavy atom. The summed E-state index contributed by atoms with van der Waals surface area (Å²) >= 11 is 11.8. The molecule has 1 N–H and O–H groups in total. The number of nitrogens with one attached hydrogen (secondary N) is 1. The second-order valence-electron chi connectivity index (χ2n) is 6.59. The van der Waals surface area contributed by atoms with Crippen molar-refractivity contribution in [2.24, 2.45) is 0 Å². The van der Waals surface area contributed by atoms with Gasteiger partial charge in [-0.15, -0.1) is 0 Å². The van der Waals surface area contributed by atoms with Crippen molar-refractivity contribution in [3.05, 3.63) is 102 Å². The lowest BCUT2D eigenvalue weighted by Crippen LogP contribution is -2.13. The van der Waals surface area contributed by atoms with Crippen LogP contribution in [0.5, 0.6) is 11.5 Å². The Morgan fingerprint density at radius 3 is 2.26 bits per heavy atom. The maximum Gasteiger partial charge on any atom is 0.318 e. The number of ether oxygens (including phenoxy) is 1. The van der Waals surface area contributed by atoms with Gasteiger partial charge in [-0.05, 0) is 48.0 Å². The van der Waals surface area contributed by atoms with E-state index in [4.69, 9.17) is 27.9 Å². The molecule has 12 heteroatoms. The molecule has 0 aromatic heterocycles. The number of nitriles is 1. The minimum absolute atomic E-state index is 0.183. The SMILES string of the molecule is N#C/C(=C\c1ccc(Oc2ccc([N+](=O)[O-])cc2[N+](=O)[O-])cc1)C(=O)Nc1ccc(Cl)c(Cl)c1. The molecule has 0 saturated heterocycles. The van der Waals surface area contributed by atoms with E-state index in [9.17, 15) is 30.3 Å². The lowest BCUT2D eigenvalue weighted by molar-refractivity contribution is -0.394. The third-order valence-electron chi connectivity index (χ3n) is 4.31. The van der Waals surface area contributed by atoms with E-state index in [-0.39, 0.29) is 22.1 Å². The first kappa shape index (κ1) is 24.2. The molecule has 3 aromatic rings. The van der Waals surface area contributed by atoms with Gasteiger partial charge in [-0.2, -0.15) is 5.26 Å². The molecule has 0 spiro atoms. The molecule has 3 aromatic carbocycles. The van der Waals surface area contributed by atoms with E-state index in [1.807, 2.05) is 6.07 Å². The van der Waals surface area contributed by atoms with Gasteiger partial charge < -0.3 is 10.1 Å². The van der Waals surface area contributed by atoms with Crippen LogP contribution in [0.4, 0.5) is 17.1 Å². The number of halogens is 2. The van der Waals surface area contributed by atoms with Crippen molar-refractivity contribution in [1.29, 1.82) is 5.26 Å². The molecule has 0 saturated carbocycles. The largest absolute Gasteiger partial charge is 0.450 e. The fourth-order valence-electron chi connectivity index (χ4n) is 2.69. The molecule has 0 atom stereocenters. The smallest absolute Gasteiger partial charge is 0.318 e. The number of nitrogens with zero attached hydrogens (tertiary/aromatic N) is 3. The van der Waals surface area contributed by atoms with Crippen LogP contribution in [0, 0.1) is 31.6 Å². The fraction of sp³-hybridized carbons (Fsp3) is 0. The summed E-state index contributed by atoms with van der Waals surface area (Å²) < 4.78 is 5.49. The lowest BCUT2D eigenvalue weighted by Gasteiger charge is -2.07.